The van der Waals surface area contributed by atoms with E-state index in [2.05, 4.69) is 32.9 Å². The smallest absolute Gasteiger partial charge is 0.226 e. The van der Waals surface area contributed by atoms with Gasteiger partial charge in [0.05, 0.1) is 6.42 Å². The van der Waals surface area contributed by atoms with Crippen LogP contribution in [-0.4, -0.2) is 30.4 Å². The first-order chi connectivity index (χ1) is 9.02. The molecule has 0 aliphatic rings. The van der Waals surface area contributed by atoms with Crippen molar-refractivity contribution in [2.24, 2.45) is 11.7 Å². The summed E-state index contributed by atoms with van der Waals surface area (Å²) in [6, 6.07) is 8.16. The summed E-state index contributed by atoms with van der Waals surface area (Å²) in [7, 11) is 0. The number of aryl methyl sites for hydroxylation is 1. The third kappa shape index (κ3) is 5.88. The Morgan fingerprint density at radius 3 is 2.42 bits per heavy atom. The van der Waals surface area contributed by atoms with Gasteiger partial charge in [0.15, 0.2) is 0 Å². The molecule has 1 amide bonds. The molecule has 3 nitrogen and oxygen atoms in total. The van der Waals surface area contributed by atoms with Crippen molar-refractivity contribution in [1.29, 1.82) is 0 Å². The number of amides is 1. The van der Waals surface area contributed by atoms with E-state index in [1.165, 1.54) is 5.56 Å². The SMILES string of the molecule is Cc1ccc(CC(=O)N(CCCN)CC(C)C)cc1. The molecule has 2 N–H and O–H groups in total. The molecule has 106 valence electrons. The highest BCUT2D eigenvalue weighted by molar-refractivity contribution is 5.78. The van der Waals surface area contributed by atoms with Gasteiger partial charge in [-0.1, -0.05) is 43.7 Å². The predicted molar refractivity (Wildman–Crippen MR) is 80.0 cm³/mol. The lowest BCUT2D eigenvalue weighted by molar-refractivity contribution is -0.131. The molecule has 0 atom stereocenters. The number of hydrogen-bond acceptors (Lipinski definition) is 2. The molecule has 0 saturated carbocycles. The lowest BCUT2D eigenvalue weighted by Gasteiger charge is -2.24. The maximum absolute atomic E-state index is 12.3. The molecular weight excluding hydrogens is 236 g/mol. The Morgan fingerprint density at radius 1 is 1.26 bits per heavy atom. The van der Waals surface area contributed by atoms with E-state index in [1.807, 2.05) is 17.0 Å². The van der Waals surface area contributed by atoms with Gasteiger partial charge in [-0.05, 0) is 31.4 Å². The average molecular weight is 262 g/mol. The normalized spacial score (nSPS) is 10.8. The van der Waals surface area contributed by atoms with Crippen molar-refractivity contribution in [3.63, 3.8) is 0 Å². The van der Waals surface area contributed by atoms with E-state index in [-0.39, 0.29) is 5.91 Å². The third-order valence-corrected chi connectivity index (χ3v) is 3.05. The monoisotopic (exact) mass is 262 g/mol. The first-order valence-electron chi connectivity index (χ1n) is 7.06. The van der Waals surface area contributed by atoms with Crippen LogP contribution < -0.4 is 5.73 Å². The minimum absolute atomic E-state index is 0.200. The molecule has 3 heteroatoms. The van der Waals surface area contributed by atoms with Crippen LogP contribution in [0.15, 0.2) is 24.3 Å². The highest BCUT2D eigenvalue weighted by Gasteiger charge is 2.14. The van der Waals surface area contributed by atoms with Crippen molar-refractivity contribution >= 4 is 5.91 Å². The fraction of sp³-hybridized carbons (Fsp3) is 0.562. The van der Waals surface area contributed by atoms with Crippen LogP contribution in [0.1, 0.15) is 31.4 Å². The largest absolute Gasteiger partial charge is 0.342 e. The van der Waals surface area contributed by atoms with Crippen LogP contribution in [-0.2, 0) is 11.2 Å². The molecule has 0 aromatic heterocycles. The summed E-state index contributed by atoms with van der Waals surface area (Å²) in [6.45, 7) is 8.53. The molecule has 0 aliphatic carbocycles. The zero-order valence-corrected chi connectivity index (χ0v) is 12.4. The van der Waals surface area contributed by atoms with Crippen molar-refractivity contribution in [1.82, 2.24) is 4.90 Å². The number of nitrogens with two attached hydrogens (primary N) is 1. The Balaban J connectivity index is 2.62. The summed E-state index contributed by atoms with van der Waals surface area (Å²) in [5.41, 5.74) is 7.84. The molecule has 0 unspecified atom stereocenters. The van der Waals surface area contributed by atoms with Crippen LogP contribution in [0.25, 0.3) is 0 Å². The van der Waals surface area contributed by atoms with Gasteiger partial charge in [-0.15, -0.1) is 0 Å². The summed E-state index contributed by atoms with van der Waals surface area (Å²) < 4.78 is 0. The van der Waals surface area contributed by atoms with Crippen LogP contribution >= 0.6 is 0 Å². The maximum Gasteiger partial charge on any atom is 0.226 e. The highest BCUT2D eigenvalue weighted by Crippen LogP contribution is 2.08. The second-order valence-electron chi connectivity index (χ2n) is 5.54. The molecule has 19 heavy (non-hydrogen) atoms. The predicted octanol–water partition coefficient (Wildman–Crippen LogP) is 2.37. The van der Waals surface area contributed by atoms with Crippen LogP contribution in [0, 0.1) is 12.8 Å². The lowest BCUT2D eigenvalue weighted by Crippen LogP contribution is -2.36. The van der Waals surface area contributed by atoms with Gasteiger partial charge in [-0.25, -0.2) is 0 Å². The summed E-state index contributed by atoms with van der Waals surface area (Å²) in [4.78, 5) is 14.3. The molecule has 0 spiro atoms. The van der Waals surface area contributed by atoms with Crippen LogP contribution in [0.2, 0.25) is 0 Å². The molecular formula is C16H26N2O. The quantitative estimate of drug-likeness (QED) is 0.820. The molecule has 1 aromatic rings. The van der Waals surface area contributed by atoms with E-state index in [1.54, 1.807) is 0 Å². The van der Waals surface area contributed by atoms with Gasteiger partial charge in [-0.2, -0.15) is 0 Å². The summed E-state index contributed by atoms with van der Waals surface area (Å²) in [5, 5.41) is 0. The van der Waals surface area contributed by atoms with Gasteiger partial charge in [-0.3, -0.25) is 4.79 Å². The zero-order valence-electron chi connectivity index (χ0n) is 12.4. The Morgan fingerprint density at radius 2 is 1.89 bits per heavy atom. The summed E-state index contributed by atoms with van der Waals surface area (Å²) >= 11 is 0. The van der Waals surface area contributed by atoms with E-state index in [4.69, 9.17) is 5.73 Å². The standard InChI is InChI=1S/C16H26N2O/c1-13(2)12-18(10-4-9-17)16(19)11-15-7-5-14(3)6-8-15/h5-8,13H,4,9-12,17H2,1-3H3. The zero-order chi connectivity index (χ0) is 14.3. The topological polar surface area (TPSA) is 46.3 Å². The molecule has 0 aliphatic heterocycles. The summed E-state index contributed by atoms with van der Waals surface area (Å²) in [6.07, 6.45) is 1.35. The van der Waals surface area contributed by atoms with Crippen molar-refractivity contribution in [3.05, 3.63) is 35.4 Å². The van der Waals surface area contributed by atoms with Gasteiger partial charge in [0, 0.05) is 13.1 Å². The Labute approximate surface area is 116 Å². The molecule has 0 heterocycles. The Bertz CT molecular complexity index is 384. The van der Waals surface area contributed by atoms with E-state index in [0.29, 0.717) is 18.9 Å². The van der Waals surface area contributed by atoms with Crippen molar-refractivity contribution in [2.75, 3.05) is 19.6 Å². The molecule has 1 rings (SSSR count). The molecule has 0 fully saturated rings. The minimum atomic E-state index is 0.200. The van der Waals surface area contributed by atoms with Crippen molar-refractivity contribution < 1.29 is 4.79 Å². The first kappa shape index (κ1) is 15.7. The molecule has 0 saturated heterocycles. The van der Waals surface area contributed by atoms with E-state index < -0.39 is 0 Å². The number of benzene rings is 1. The van der Waals surface area contributed by atoms with E-state index >= 15 is 0 Å². The van der Waals surface area contributed by atoms with Gasteiger partial charge >= 0.3 is 0 Å². The Kier molecular flexibility index (Phi) is 6.57. The highest BCUT2D eigenvalue weighted by atomic mass is 16.2. The third-order valence-electron chi connectivity index (χ3n) is 3.05. The first-order valence-corrected chi connectivity index (χ1v) is 7.06. The van der Waals surface area contributed by atoms with Crippen molar-refractivity contribution in [3.8, 4) is 0 Å². The van der Waals surface area contributed by atoms with Crippen LogP contribution in [0.3, 0.4) is 0 Å². The van der Waals surface area contributed by atoms with Crippen LogP contribution in [0.5, 0.6) is 0 Å². The number of carbonyl (C=O) groups excluding carboxylic acids is 1. The number of hydrogen-bond donors (Lipinski definition) is 1. The summed E-state index contributed by atoms with van der Waals surface area (Å²) in [5.74, 6) is 0.686. The number of carbonyl (C=O) groups is 1. The van der Waals surface area contributed by atoms with Gasteiger partial charge in [0.25, 0.3) is 0 Å². The van der Waals surface area contributed by atoms with Gasteiger partial charge in [0.2, 0.25) is 5.91 Å². The van der Waals surface area contributed by atoms with E-state index in [0.717, 1.165) is 25.1 Å². The van der Waals surface area contributed by atoms with Crippen molar-refractivity contribution in [2.45, 2.75) is 33.6 Å². The second kappa shape index (κ2) is 7.95. The molecule has 0 bridgehead atoms. The minimum Gasteiger partial charge on any atom is -0.342 e. The van der Waals surface area contributed by atoms with Crippen LogP contribution in [0.4, 0.5) is 0 Å². The fourth-order valence-electron chi connectivity index (χ4n) is 2.03. The second-order valence-corrected chi connectivity index (χ2v) is 5.54. The van der Waals surface area contributed by atoms with E-state index in [9.17, 15) is 4.79 Å². The molecule has 1 aromatic carbocycles. The maximum atomic E-state index is 12.3. The fourth-order valence-corrected chi connectivity index (χ4v) is 2.03. The lowest BCUT2D eigenvalue weighted by atomic mass is 10.1. The van der Waals surface area contributed by atoms with Gasteiger partial charge in [0.1, 0.15) is 0 Å². The number of nitrogens with zero attached hydrogens (tertiary/aromatic N) is 1. The number of rotatable bonds is 7. The van der Waals surface area contributed by atoms with Gasteiger partial charge < -0.3 is 10.6 Å². The Hall–Kier alpha value is -1.35. The average Bonchev–Trinajstić information content (AvgIpc) is 2.36. The molecule has 0 radical (unpaired) electrons.